The molecule has 1 atom stereocenters. The number of carbonyl (C=O) groups is 1. The first-order valence-electron chi connectivity index (χ1n) is 4.86. The van der Waals surface area contributed by atoms with Crippen LogP contribution in [-0.4, -0.2) is 33.7 Å². The van der Waals surface area contributed by atoms with Gasteiger partial charge in [0.05, 0.1) is 6.10 Å². The lowest BCUT2D eigenvalue weighted by Gasteiger charge is -2.06. The summed E-state index contributed by atoms with van der Waals surface area (Å²) in [5, 5.41) is 6.20. The van der Waals surface area contributed by atoms with Gasteiger partial charge < -0.3 is 4.74 Å². The van der Waals surface area contributed by atoms with E-state index < -0.39 is 0 Å². The second kappa shape index (κ2) is 4.32. The first kappa shape index (κ1) is 9.33. The highest BCUT2D eigenvalue weighted by Crippen LogP contribution is 2.17. The summed E-state index contributed by atoms with van der Waals surface area (Å²) in [6.45, 7) is 0.834. The molecule has 0 radical (unpaired) electrons. The van der Waals surface area contributed by atoms with Gasteiger partial charge in [-0.15, -0.1) is 0 Å². The van der Waals surface area contributed by atoms with Crippen molar-refractivity contribution in [2.75, 3.05) is 6.61 Å². The fourth-order valence-electron chi connectivity index (χ4n) is 1.62. The second-order valence-electron chi connectivity index (χ2n) is 3.43. The third-order valence-corrected chi connectivity index (χ3v) is 2.40. The van der Waals surface area contributed by atoms with Crippen LogP contribution in [0, 0.1) is 0 Å². The van der Waals surface area contributed by atoms with E-state index >= 15 is 0 Å². The van der Waals surface area contributed by atoms with Crippen molar-refractivity contribution in [1.29, 1.82) is 0 Å². The summed E-state index contributed by atoms with van der Waals surface area (Å²) >= 11 is 0. The maximum Gasteiger partial charge on any atom is 0.199 e. The molecule has 0 amide bonds. The molecule has 1 aromatic rings. The summed E-state index contributed by atoms with van der Waals surface area (Å²) in [7, 11) is 0. The predicted octanol–water partition coefficient (Wildman–Crippen LogP) is 0.947. The lowest BCUT2D eigenvalue weighted by molar-refractivity contribution is 0.0852. The standard InChI is InChI=1S/C9H13N3O2/c13-8(9-10-6-11-12-9)4-3-7-2-1-5-14-7/h6-7H,1-5H2,(H,10,11,12). The summed E-state index contributed by atoms with van der Waals surface area (Å²) in [5.74, 6) is 0.362. The van der Waals surface area contributed by atoms with Gasteiger partial charge in [0.25, 0.3) is 0 Å². The molecule has 14 heavy (non-hydrogen) atoms. The lowest BCUT2D eigenvalue weighted by atomic mass is 10.1. The summed E-state index contributed by atoms with van der Waals surface area (Å²) in [6, 6.07) is 0. The number of hydrogen-bond acceptors (Lipinski definition) is 4. The number of nitrogens with zero attached hydrogens (tertiary/aromatic N) is 2. The molecule has 0 saturated carbocycles. The normalized spacial score (nSPS) is 21.3. The number of aromatic nitrogens is 3. The zero-order chi connectivity index (χ0) is 9.80. The molecule has 0 aromatic carbocycles. The van der Waals surface area contributed by atoms with Crippen LogP contribution in [0.2, 0.25) is 0 Å². The van der Waals surface area contributed by atoms with E-state index in [1.807, 2.05) is 0 Å². The molecule has 1 aromatic heterocycles. The van der Waals surface area contributed by atoms with Gasteiger partial charge in [0.15, 0.2) is 11.6 Å². The number of ether oxygens (including phenoxy) is 1. The van der Waals surface area contributed by atoms with E-state index in [4.69, 9.17) is 4.74 Å². The van der Waals surface area contributed by atoms with Crippen LogP contribution in [-0.2, 0) is 4.74 Å². The van der Waals surface area contributed by atoms with Gasteiger partial charge in [-0.1, -0.05) is 0 Å². The number of H-pyrrole nitrogens is 1. The third-order valence-electron chi connectivity index (χ3n) is 2.40. The van der Waals surface area contributed by atoms with Crippen molar-refractivity contribution in [3.63, 3.8) is 0 Å². The summed E-state index contributed by atoms with van der Waals surface area (Å²) in [4.78, 5) is 15.3. The van der Waals surface area contributed by atoms with Crippen molar-refractivity contribution in [2.24, 2.45) is 0 Å². The smallest absolute Gasteiger partial charge is 0.199 e. The Morgan fingerprint density at radius 1 is 1.71 bits per heavy atom. The predicted molar refractivity (Wildman–Crippen MR) is 48.9 cm³/mol. The third kappa shape index (κ3) is 2.17. The zero-order valence-electron chi connectivity index (χ0n) is 7.90. The minimum absolute atomic E-state index is 0.0120. The van der Waals surface area contributed by atoms with E-state index in [1.54, 1.807) is 0 Å². The first-order chi connectivity index (χ1) is 6.86. The van der Waals surface area contributed by atoms with Crippen LogP contribution < -0.4 is 0 Å². The molecule has 1 aliphatic rings. The molecule has 2 heterocycles. The molecule has 2 rings (SSSR count). The molecule has 0 bridgehead atoms. The van der Waals surface area contributed by atoms with E-state index in [0.717, 1.165) is 25.9 Å². The number of nitrogens with one attached hydrogen (secondary N) is 1. The molecule has 1 N–H and O–H groups in total. The minimum atomic E-state index is 0.0120. The van der Waals surface area contributed by atoms with Crippen molar-refractivity contribution in [3.05, 3.63) is 12.2 Å². The fraction of sp³-hybridized carbons (Fsp3) is 0.667. The monoisotopic (exact) mass is 195 g/mol. The Balaban J connectivity index is 1.78. The molecule has 5 nitrogen and oxygen atoms in total. The van der Waals surface area contributed by atoms with Gasteiger partial charge in [-0.2, -0.15) is 5.10 Å². The molecule has 5 heteroatoms. The summed E-state index contributed by atoms with van der Waals surface area (Å²) < 4.78 is 5.42. The second-order valence-corrected chi connectivity index (χ2v) is 3.43. The highest BCUT2D eigenvalue weighted by Gasteiger charge is 2.18. The lowest BCUT2D eigenvalue weighted by Crippen LogP contribution is -2.09. The maximum atomic E-state index is 11.5. The average molecular weight is 195 g/mol. The fourth-order valence-corrected chi connectivity index (χ4v) is 1.62. The average Bonchev–Trinajstić information content (AvgIpc) is 2.87. The molecular weight excluding hydrogens is 182 g/mol. The number of rotatable bonds is 4. The molecule has 0 aliphatic carbocycles. The van der Waals surface area contributed by atoms with Crippen LogP contribution in [0.4, 0.5) is 0 Å². The summed E-state index contributed by atoms with van der Waals surface area (Å²) in [6.07, 6.45) is 5.07. The van der Waals surface area contributed by atoms with Gasteiger partial charge in [-0.3, -0.25) is 9.89 Å². The van der Waals surface area contributed by atoms with E-state index in [2.05, 4.69) is 15.2 Å². The molecule has 1 saturated heterocycles. The van der Waals surface area contributed by atoms with Gasteiger partial charge in [0.1, 0.15) is 6.33 Å². The molecule has 76 valence electrons. The van der Waals surface area contributed by atoms with Gasteiger partial charge in [0.2, 0.25) is 0 Å². The van der Waals surface area contributed by atoms with E-state index in [0.29, 0.717) is 12.2 Å². The summed E-state index contributed by atoms with van der Waals surface area (Å²) in [5.41, 5.74) is 0. The molecular formula is C9H13N3O2. The Hall–Kier alpha value is -1.23. The quantitative estimate of drug-likeness (QED) is 0.726. The molecule has 1 aliphatic heterocycles. The van der Waals surface area contributed by atoms with Gasteiger partial charge in [-0.25, -0.2) is 4.98 Å². The Bertz CT molecular complexity index is 291. The number of hydrogen-bond donors (Lipinski definition) is 1. The SMILES string of the molecule is O=C(CCC1CCCO1)c1ncn[nH]1. The van der Waals surface area contributed by atoms with Gasteiger partial charge in [0, 0.05) is 13.0 Å². The Kier molecular flexibility index (Phi) is 2.88. The highest BCUT2D eigenvalue weighted by atomic mass is 16.5. The van der Waals surface area contributed by atoms with Crippen LogP contribution in [0.1, 0.15) is 36.3 Å². The van der Waals surface area contributed by atoms with Crippen LogP contribution in [0.25, 0.3) is 0 Å². The van der Waals surface area contributed by atoms with Crippen molar-refractivity contribution < 1.29 is 9.53 Å². The Labute approximate surface area is 81.9 Å². The molecule has 0 spiro atoms. The van der Waals surface area contributed by atoms with Crippen LogP contribution in [0.15, 0.2) is 6.33 Å². The van der Waals surface area contributed by atoms with E-state index in [-0.39, 0.29) is 11.9 Å². The number of ketones is 1. The van der Waals surface area contributed by atoms with Crippen molar-refractivity contribution >= 4 is 5.78 Å². The number of carbonyl (C=O) groups excluding carboxylic acids is 1. The van der Waals surface area contributed by atoms with E-state index in [9.17, 15) is 4.79 Å². The minimum Gasteiger partial charge on any atom is -0.378 e. The Morgan fingerprint density at radius 2 is 2.64 bits per heavy atom. The molecule has 1 unspecified atom stereocenters. The number of aromatic amines is 1. The Morgan fingerprint density at radius 3 is 3.29 bits per heavy atom. The molecule has 1 fully saturated rings. The zero-order valence-corrected chi connectivity index (χ0v) is 7.90. The largest absolute Gasteiger partial charge is 0.378 e. The maximum absolute atomic E-state index is 11.5. The topological polar surface area (TPSA) is 67.9 Å². The van der Waals surface area contributed by atoms with Crippen molar-refractivity contribution in [2.45, 2.75) is 31.8 Å². The number of Topliss-reactive ketones (excluding diaryl/α,β-unsaturated/α-hetero) is 1. The van der Waals surface area contributed by atoms with Gasteiger partial charge in [-0.05, 0) is 19.3 Å². The highest BCUT2D eigenvalue weighted by molar-refractivity contribution is 5.92. The van der Waals surface area contributed by atoms with Crippen LogP contribution >= 0.6 is 0 Å². The van der Waals surface area contributed by atoms with Gasteiger partial charge >= 0.3 is 0 Å². The van der Waals surface area contributed by atoms with Crippen LogP contribution in [0.5, 0.6) is 0 Å². The van der Waals surface area contributed by atoms with E-state index in [1.165, 1.54) is 6.33 Å². The van der Waals surface area contributed by atoms with Crippen molar-refractivity contribution in [1.82, 2.24) is 15.2 Å². The van der Waals surface area contributed by atoms with Crippen molar-refractivity contribution in [3.8, 4) is 0 Å². The first-order valence-corrected chi connectivity index (χ1v) is 4.86. The van der Waals surface area contributed by atoms with Crippen LogP contribution in [0.3, 0.4) is 0 Å².